The number of aliphatic carboxylic acids is 2. The van der Waals surface area contributed by atoms with Gasteiger partial charge in [0.2, 0.25) is 0 Å². The molecule has 0 aromatic rings. The third-order valence-electron chi connectivity index (χ3n) is 2.50. The van der Waals surface area contributed by atoms with E-state index in [-0.39, 0.29) is 33.4 Å². The van der Waals surface area contributed by atoms with E-state index in [1.807, 2.05) is 0 Å². The van der Waals surface area contributed by atoms with Crippen LogP contribution in [-0.4, -0.2) is 28.8 Å². The average molecular weight is 453 g/mol. The van der Waals surface area contributed by atoms with Gasteiger partial charge in [0, 0.05) is 12.8 Å². The Hall–Kier alpha value is -0.702. The summed E-state index contributed by atoms with van der Waals surface area (Å²) in [5.41, 5.74) is -6.03. The first-order valence-corrected chi connectivity index (χ1v) is 3.77. The van der Waals surface area contributed by atoms with Crippen molar-refractivity contribution in [2.45, 2.75) is 24.6 Å². The number of carbonyl (C=O) groups is 2. The fraction of sp³-hybridized carbons (Fsp3) is 0.714. The standard InChI is InChI=1S/C7H7F3O5.2H2N.Pt/c8-7(9,10)6(15)1-5(2-6,3(11)12)4(13)14;;;/h15H,1-2H2,(H,11,12)(H,13,14);2*1H2;/q;2*-1;+4/p-2. The summed E-state index contributed by atoms with van der Waals surface area (Å²) in [4.78, 5) is 20.7. The van der Waals surface area contributed by atoms with Crippen LogP contribution in [0.5, 0.6) is 0 Å². The van der Waals surface area contributed by atoms with Crippen LogP contribution in [0.1, 0.15) is 12.8 Å². The number of nitrogens with two attached hydrogens (primary N) is 2. The van der Waals surface area contributed by atoms with Gasteiger partial charge in [0.15, 0.2) is 5.60 Å². The van der Waals surface area contributed by atoms with Gasteiger partial charge in [-0.1, -0.05) is 0 Å². The Bertz CT molecular complexity index is 314. The predicted octanol–water partition coefficient (Wildman–Crippen LogP) is -1.01. The molecule has 0 aromatic carbocycles. The van der Waals surface area contributed by atoms with E-state index in [1.165, 1.54) is 0 Å². The second kappa shape index (κ2) is 5.96. The van der Waals surface area contributed by atoms with Crippen LogP contribution in [0.4, 0.5) is 13.2 Å². The van der Waals surface area contributed by atoms with E-state index >= 15 is 0 Å². The smallest absolute Gasteiger partial charge is 0.693 e. The van der Waals surface area contributed by atoms with Gasteiger partial charge in [-0.25, -0.2) is 0 Å². The summed E-state index contributed by atoms with van der Waals surface area (Å²) >= 11 is 0. The van der Waals surface area contributed by atoms with E-state index in [0.717, 1.165) is 0 Å². The normalized spacial score (nSPS) is 19.1. The Morgan fingerprint density at radius 2 is 1.33 bits per heavy atom. The molecule has 5 N–H and O–H groups in total. The fourth-order valence-electron chi connectivity index (χ4n) is 1.52. The number of hydrogen-bond acceptors (Lipinski definition) is 5. The number of carboxylic acids is 2. The van der Waals surface area contributed by atoms with Crippen molar-refractivity contribution in [3.63, 3.8) is 0 Å². The number of halogens is 3. The molecule has 0 radical (unpaired) electrons. The van der Waals surface area contributed by atoms with E-state index in [9.17, 15) is 33.0 Å². The Balaban J connectivity index is -0.000000750. The summed E-state index contributed by atoms with van der Waals surface area (Å²) in [6, 6.07) is 0. The molecule has 11 heteroatoms. The van der Waals surface area contributed by atoms with Gasteiger partial charge in [-0.2, -0.15) is 13.2 Å². The van der Waals surface area contributed by atoms with E-state index < -0.39 is 42.0 Å². The molecule has 0 amide bonds. The van der Waals surface area contributed by atoms with E-state index in [0.29, 0.717) is 0 Å². The number of hydrogen-bond donors (Lipinski definition) is 1. The first-order valence-electron chi connectivity index (χ1n) is 3.77. The van der Waals surface area contributed by atoms with Crippen LogP contribution in [0.25, 0.3) is 12.3 Å². The summed E-state index contributed by atoms with van der Waals surface area (Å²) in [5, 5.41) is 29.6. The van der Waals surface area contributed by atoms with Crippen molar-refractivity contribution in [2.75, 3.05) is 0 Å². The molecule has 0 saturated heterocycles. The van der Waals surface area contributed by atoms with Crippen molar-refractivity contribution in [1.82, 2.24) is 0 Å². The molecule has 0 bridgehead atoms. The summed E-state index contributed by atoms with van der Waals surface area (Å²) in [6.07, 6.45) is -8.02. The maximum atomic E-state index is 12.1. The predicted molar refractivity (Wildman–Crippen MR) is 43.3 cm³/mol. The van der Waals surface area contributed by atoms with Gasteiger partial charge in [-0.15, -0.1) is 0 Å². The van der Waals surface area contributed by atoms with Crippen LogP contribution >= 0.6 is 0 Å². The largest absolute Gasteiger partial charge is 4.00 e. The minimum atomic E-state index is -5.07. The zero-order chi connectivity index (χ0) is 12.1. The molecule has 1 aliphatic rings. The molecule has 108 valence electrons. The summed E-state index contributed by atoms with van der Waals surface area (Å²) in [5.74, 6) is -4.37. The molecule has 0 atom stereocenters. The van der Waals surface area contributed by atoms with Crippen LogP contribution in [-0.2, 0) is 30.7 Å². The SMILES string of the molecule is O=C([O-])C1(C(=O)[O-])CC(O)(C(F)(F)F)C1.[NH2-].[NH2-].[Pt+4]. The van der Waals surface area contributed by atoms with Crippen LogP contribution in [0, 0.1) is 5.41 Å². The van der Waals surface area contributed by atoms with Gasteiger partial charge in [0.05, 0.1) is 17.4 Å². The molecular weight excluding hydrogens is 444 g/mol. The number of rotatable bonds is 2. The second-order valence-electron chi connectivity index (χ2n) is 3.54. The molecule has 1 aliphatic carbocycles. The van der Waals surface area contributed by atoms with Gasteiger partial charge in [-0.05, 0) is 0 Å². The van der Waals surface area contributed by atoms with Crippen molar-refractivity contribution in [3.05, 3.63) is 12.3 Å². The van der Waals surface area contributed by atoms with Crippen molar-refractivity contribution in [1.29, 1.82) is 0 Å². The monoisotopic (exact) mass is 453 g/mol. The zero-order valence-corrected chi connectivity index (χ0v) is 10.9. The number of carboxylic acid groups (broad SMARTS) is 2. The van der Waals surface area contributed by atoms with Crippen molar-refractivity contribution < 1.29 is 59.1 Å². The van der Waals surface area contributed by atoms with E-state index in [1.54, 1.807) is 0 Å². The van der Waals surface area contributed by atoms with Crippen LogP contribution in [0.15, 0.2) is 0 Å². The molecule has 1 rings (SSSR count). The Morgan fingerprint density at radius 3 is 1.50 bits per heavy atom. The Kier molecular flexibility index (Phi) is 7.44. The van der Waals surface area contributed by atoms with Crippen molar-refractivity contribution >= 4 is 11.9 Å². The molecule has 0 spiro atoms. The third kappa shape index (κ3) is 3.00. The number of carbonyl (C=O) groups excluding carboxylic acids is 2. The van der Waals surface area contributed by atoms with Crippen molar-refractivity contribution in [2.24, 2.45) is 5.41 Å². The van der Waals surface area contributed by atoms with Crippen LogP contribution < -0.4 is 10.2 Å². The first kappa shape index (κ1) is 22.5. The van der Waals surface area contributed by atoms with Gasteiger partial charge < -0.3 is 37.2 Å². The van der Waals surface area contributed by atoms with Crippen LogP contribution in [0.3, 0.4) is 0 Å². The van der Waals surface area contributed by atoms with Crippen LogP contribution in [0.2, 0.25) is 0 Å². The quantitative estimate of drug-likeness (QED) is 0.528. The molecule has 0 aliphatic heterocycles. The molecular formula is C7H9F3N2O5Pt. The topological polar surface area (TPSA) is 167 Å². The third-order valence-corrected chi connectivity index (χ3v) is 2.50. The minimum Gasteiger partial charge on any atom is -0.693 e. The average Bonchev–Trinajstić information content (AvgIpc) is 1.94. The van der Waals surface area contributed by atoms with Crippen molar-refractivity contribution in [3.8, 4) is 0 Å². The molecule has 18 heavy (non-hydrogen) atoms. The molecule has 7 nitrogen and oxygen atoms in total. The van der Waals surface area contributed by atoms with Gasteiger partial charge in [0.1, 0.15) is 0 Å². The van der Waals surface area contributed by atoms with E-state index in [2.05, 4.69) is 0 Å². The summed E-state index contributed by atoms with van der Waals surface area (Å²) in [6.45, 7) is 0. The fourth-order valence-corrected chi connectivity index (χ4v) is 1.52. The van der Waals surface area contributed by atoms with Gasteiger partial charge >= 0.3 is 27.2 Å². The summed E-state index contributed by atoms with van der Waals surface area (Å²) in [7, 11) is 0. The molecule has 1 saturated carbocycles. The maximum absolute atomic E-state index is 12.1. The molecule has 0 unspecified atom stereocenters. The molecule has 0 aromatic heterocycles. The van der Waals surface area contributed by atoms with Gasteiger partial charge in [0.25, 0.3) is 0 Å². The molecule has 0 heterocycles. The second-order valence-corrected chi connectivity index (χ2v) is 3.54. The van der Waals surface area contributed by atoms with E-state index in [4.69, 9.17) is 5.11 Å². The minimum absolute atomic E-state index is 0. The number of aliphatic hydroxyl groups is 1. The Morgan fingerprint density at radius 1 is 1.06 bits per heavy atom. The number of alkyl halides is 3. The maximum Gasteiger partial charge on any atom is 4.00 e. The zero-order valence-electron chi connectivity index (χ0n) is 8.60. The molecule has 1 fully saturated rings. The Labute approximate surface area is 114 Å². The summed E-state index contributed by atoms with van der Waals surface area (Å²) < 4.78 is 36.2. The van der Waals surface area contributed by atoms with Gasteiger partial charge in [-0.3, -0.25) is 0 Å². The first-order chi connectivity index (χ1) is 6.55.